The zero-order valence-electron chi connectivity index (χ0n) is 18.2. The summed E-state index contributed by atoms with van der Waals surface area (Å²) in [6.45, 7) is 5.50. The number of aliphatic imine (C=N–C) groups is 1. The first kappa shape index (κ1) is 24.5. The molecule has 1 aromatic carbocycles. The standard InChI is InChI=1S/C21H32N6OS.HI/c1-5-22-20(23-13-17-15-29-21(25-17)26(2)3)24-16-8-7-11-27(14-16)18-9-6-10-19(12-18)28-4;/h6,9-10,12,15-16H,5,7-8,11,13-14H2,1-4H3,(H2,22,23,24);1H. The number of methoxy groups -OCH3 is 1. The lowest BCUT2D eigenvalue weighted by Gasteiger charge is -2.35. The number of guanidine groups is 1. The number of thiazole rings is 1. The zero-order valence-corrected chi connectivity index (χ0v) is 21.4. The van der Waals surface area contributed by atoms with Gasteiger partial charge in [-0.25, -0.2) is 9.98 Å². The summed E-state index contributed by atoms with van der Waals surface area (Å²) in [5.74, 6) is 1.75. The Morgan fingerprint density at radius 2 is 2.23 bits per heavy atom. The normalized spacial score (nSPS) is 16.6. The summed E-state index contributed by atoms with van der Waals surface area (Å²) in [6, 6.07) is 8.63. The van der Waals surface area contributed by atoms with Crippen molar-refractivity contribution in [3.63, 3.8) is 0 Å². The number of nitrogens with zero attached hydrogens (tertiary/aromatic N) is 4. The predicted molar refractivity (Wildman–Crippen MR) is 138 cm³/mol. The van der Waals surface area contributed by atoms with E-state index in [1.165, 1.54) is 5.69 Å². The van der Waals surface area contributed by atoms with Crippen LogP contribution in [0.25, 0.3) is 0 Å². The molecule has 166 valence electrons. The van der Waals surface area contributed by atoms with Crippen molar-refractivity contribution in [3.05, 3.63) is 35.3 Å². The van der Waals surface area contributed by atoms with Crippen LogP contribution in [0, 0.1) is 0 Å². The van der Waals surface area contributed by atoms with E-state index in [4.69, 9.17) is 9.73 Å². The lowest BCUT2D eigenvalue weighted by atomic mass is 10.0. The van der Waals surface area contributed by atoms with Crippen LogP contribution >= 0.6 is 35.3 Å². The summed E-state index contributed by atoms with van der Waals surface area (Å²) in [5.41, 5.74) is 2.20. The van der Waals surface area contributed by atoms with Gasteiger partial charge in [0.25, 0.3) is 0 Å². The van der Waals surface area contributed by atoms with Crippen molar-refractivity contribution in [2.24, 2.45) is 4.99 Å². The maximum atomic E-state index is 5.38. The van der Waals surface area contributed by atoms with Gasteiger partial charge in [0.05, 0.1) is 19.3 Å². The fraction of sp³-hybridized carbons (Fsp3) is 0.524. The number of aromatic nitrogens is 1. The molecule has 1 aliphatic heterocycles. The largest absolute Gasteiger partial charge is 0.497 e. The number of piperidine rings is 1. The molecule has 1 aromatic heterocycles. The molecule has 0 spiro atoms. The minimum Gasteiger partial charge on any atom is -0.497 e. The second-order valence-corrected chi connectivity index (χ2v) is 8.18. The third kappa shape index (κ3) is 6.90. The van der Waals surface area contributed by atoms with Gasteiger partial charge in [-0.3, -0.25) is 0 Å². The molecular formula is C21H33IN6OS. The number of hydrogen-bond donors (Lipinski definition) is 2. The average Bonchev–Trinajstić information content (AvgIpc) is 3.22. The second-order valence-electron chi connectivity index (χ2n) is 7.34. The number of hydrogen-bond acceptors (Lipinski definition) is 6. The third-order valence-electron chi connectivity index (χ3n) is 4.85. The first-order chi connectivity index (χ1) is 14.1. The highest BCUT2D eigenvalue weighted by molar-refractivity contribution is 14.0. The lowest BCUT2D eigenvalue weighted by molar-refractivity contribution is 0.414. The summed E-state index contributed by atoms with van der Waals surface area (Å²) in [7, 11) is 5.73. The van der Waals surface area contributed by atoms with Gasteiger partial charge in [0.15, 0.2) is 11.1 Å². The van der Waals surface area contributed by atoms with Gasteiger partial charge in [-0.2, -0.15) is 0 Å². The Balaban J connectivity index is 0.00000320. The van der Waals surface area contributed by atoms with Gasteiger partial charge >= 0.3 is 0 Å². The fourth-order valence-electron chi connectivity index (χ4n) is 3.38. The van der Waals surface area contributed by atoms with E-state index in [9.17, 15) is 0 Å². The Morgan fingerprint density at radius 1 is 1.40 bits per heavy atom. The van der Waals surface area contributed by atoms with E-state index in [1.54, 1.807) is 18.4 Å². The molecule has 3 rings (SSSR count). The molecule has 1 saturated heterocycles. The highest BCUT2D eigenvalue weighted by Crippen LogP contribution is 2.24. The Bertz CT molecular complexity index is 812. The molecule has 0 amide bonds. The third-order valence-corrected chi connectivity index (χ3v) is 5.90. The minimum absolute atomic E-state index is 0. The van der Waals surface area contributed by atoms with Gasteiger partial charge in [-0.15, -0.1) is 35.3 Å². The van der Waals surface area contributed by atoms with Crippen LogP contribution in [-0.2, 0) is 6.54 Å². The molecule has 1 atom stereocenters. The molecule has 7 nitrogen and oxygen atoms in total. The summed E-state index contributed by atoms with van der Waals surface area (Å²) >= 11 is 1.65. The number of rotatable bonds is 7. The molecule has 0 bridgehead atoms. The van der Waals surface area contributed by atoms with E-state index in [0.717, 1.165) is 55.0 Å². The summed E-state index contributed by atoms with van der Waals surface area (Å²) < 4.78 is 5.38. The Kier molecular flexibility index (Phi) is 9.96. The van der Waals surface area contributed by atoms with Crippen LogP contribution in [0.3, 0.4) is 0 Å². The Hall–Kier alpha value is -1.75. The number of anilines is 2. The van der Waals surface area contributed by atoms with Crippen LogP contribution in [0.5, 0.6) is 5.75 Å². The van der Waals surface area contributed by atoms with Crippen LogP contribution in [-0.4, -0.2) is 57.8 Å². The van der Waals surface area contributed by atoms with Crippen molar-refractivity contribution in [2.75, 3.05) is 50.6 Å². The quantitative estimate of drug-likeness (QED) is 0.316. The fourth-order valence-corrected chi connectivity index (χ4v) is 4.13. The van der Waals surface area contributed by atoms with E-state index < -0.39 is 0 Å². The van der Waals surface area contributed by atoms with E-state index in [1.807, 2.05) is 31.1 Å². The Labute approximate surface area is 200 Å². The van der Waals surface area contributed by atoms with E-state index in [2.05, 4.69) is 45.0 Å². The maximum Gasteiger partial charge on any atom is 0.191 e. The molecule has 2 aromatic rings. The highest BCUT2D eigenvalue weighted by Gasteiger charge is 2.21. The molecular weight excluding hydrogens is 511 g/mol. The van der Waals surface area contributed by atoms with E-state index >= 15 is 0 Å². The second kappa shape index (κ2) is 12.2. The Morgan fingerprint density at radius 3 is 2.93 bits per heavy atom. The molecule has 9 heteroatoms. The van der Waals surface area contributed by atoms with Crippen molar-refractivity contribution in [1.29, 1.82) is 0 Å². The van der Waals surface area contributed by atoms with Crippen LogP contribution < -0.4 is 25.2 Å². The van der Waals surface area contributed by atoms with Crippen molar-refractivity contribution in [2.45, 2.75) is 32.4 Å². The predicted octanol–water partition coefficient (Wildman–Crippen LogP) is 3.56. The van der Waals surface area contributed by atoms with Gasteiger partial charge in [0, 0.05) is 56.9 Å². The molecule has 0 radical (unpaired) electrons. The maximum absolute atomic E-state index is 5.38. The molecule has 2 heterocycles. The summed E-state index contributed by atoms with van der Waals surface area (Å²) in [4.78, 5) is 13.8. The van der Waals surface area contributed by atoms with E-state index in [0.29, 0.717) is 12.6 Å². The minimum atomic E-state index is 0. The highest BCUT2D eigenvalue weighted by atomic mass is 127. The van der Waals surface area contributed by atoms with Crippen LogP contribution in [0.15, 0.2) is 34.6 Å². The van der Waals surface area contributed by atoms with Gasteiger partial charge < -0.3 is 25.2 Å². The number of ether oxygens (including phenoxy) is 1. The summed E-state index contributed by atoms with van der Waals surface area (Å²) in [6.07, 6.45) is 2.28. The smallest absolute Gasteiger partial charge is 0.191 e. The molecule has 1 aliphatic rings. The molecule has 0 aliphatic carbocycles. The average molecular weight is 545 g/mol. The van der Waals surface area contributed by atoms with Gasteiger partial charge in [-0.1, -0.05) is 6.07 Å². The van der Waals surface area contributed by atoms with Crippen LogP contribution in [0.1, 0.15) is 25.5 Å². The zero-order chi connectivity index (χ0) is 20.6. The molecule has 2 N–H and O–H groups in total. The lowest BCUT2D eigenvalue weighted by Crippen LogP contribution is -2.51. The van der Waals surface area contributed by atoms with Gasteiger partial charge in [-0.05, 0) is 31.9 Å². The molecule has 1 unspecified atom stereocenters. The SMILES string of the molecule is CCNC(=NCc1csc(N(C)C)n1)NC1CCCN(c2cccc(OC)c2)C1.I. The number of halogens is 1. The first-order valence-electron chi connectivity index (χ1n) is 10.1. The monoisotopic (exact) mass is 544 g/mol. The van der Waals surface area contributed by atoms with Crippen LogP contribution in [0.4, 0.5) is 10.8 Å². The van der Waals surface area contributed by atoms with Crippen molar-refractivity contribution >= 4 is 52.1 Å². The van der Waals surface area contributed by atoms with Crippen molar-refractivity contribution < 1.29 is 4.74 Å². The molecule has 0 saturated carbocycles. The molecule has 1 fully saturated rings. The van der Waals surface area contributed by atoms with Gasteiger partial charge in [0.2, 0.25) is 0 Å². The van der Waals surface area contributed by atoms with Gasteiger partial charge in [0.1, 0.15) is 5.75 Å². The van der Waals surface area contributed by atoms with Crippen molar-refractivity contribution in [3.8, 4) is 5.75 Å². The number of nitrogens with one attached hydrogen (secondary N) is 2. The summed E-state index contributed by atoms with van der Waals surface area (Å²) in [5, 5.41) is 10.1. The topological polar surface area (TPSA) is 65.0 Å². The molecule has 30 heavy (non-hydrogen) atoms. The number of benzene rings is 1. The first-order valence-corrected chi connectivity index (χ1v) is 11.0. The van der Waals surface area contributed by atoms with E-state index in [-0.39, 0.29) is 24.0 Å². The van der Waals surface area contributed by atoms with Crippen LogP contribution in [0.2, 0.25) is 0 Å². The van der Waals surface area contributed by atoms with Crippen molar-refractivity contribution in [1.82, 2.24) is 15.6 Å².